The Labute approximate surface area is 168 Å². The van der Waals surface area contributed by atoms with E-state index in [1.54, 1.807) is 43.6 Å². The third kappa shape index (κ3) is 4.23. The van der Waals surface area contributed by atoms with Gasteiger partial charge in [0.15, 0.2) is 0 Å². The Balaban J connectivity index is 1.81. The lowest BCUT2D eigenvalue weighted by Crippen LogP contribution is -2.24. The van der Waals surface area contributed by atoms with E-state index in [4.69, 9.17) is 11.6 Å². The zero-order chi connectivity index (χ0) is 20.3. The van der Waals surface area contributed by atoms with Crippen LogP contribution in [-0.4, -0.2) is 28.4 Å². The van der Waals surface area contributed by atoms with Crippen molar-refractivity contribution in [2.45, 2.75) is 13.3 Å². The lowest BCUT2D eigenvalue weighted by atomic mass is 10.1. The second kappa shape index (κ2) is 8.27. The van der Waals surface area contributed by atoms with E-state index in [0.717, 1.165) is 17.0 Å². The molecule has 0 unspecified atom stereocenters. The molecule has 0 aliphatic rings. The maximum absolute atomic E-state index is 12.9. The zero-order valence-corrected chi connectivity index (χ0v) is 16.7. The number of halogens is 1. The summed E-state index contributed by atoms with van der Waals surface area (Å²) in [6.45, 7) is 1.93. The number of nitrogens with one attached hydrogen (secondary N) is 2. The second-order valence-corrected chi connectivity index (χ2v) is 6.92. The molecule has 144 valence electrons. The van der Waals surface area contributed by atoms with Crippen molar-refractivity contribution >= 4 is 29.1 Å². The zero-order valence-electron chi connectivity index (χ0n) is 15.9. The third-order valence-electron chi connectivity index (χ3n) is 4.52. The molecule has 0 radical (unpaired) electrons. The molecule has 1 aromatic carbocycles. The lowest BCUT2D eigenvalue weighted by molar-refractivity contribution is 0.103. The average Bonchev–Trinajstić information content (AvgIpc) is 2.96. The minimum atomic E-state index is -0.294. The van der Waals surface area contributed by atoms with Crippen molar-refractivity contribution in [3.8, 4) is 0 Å². The number of benzene rings is 1. The number of pyridine rings is 1. The van der Waals surface area contributed by atoms with Crippen molar-refractivity contribution in [1.29, 1.82) is 0 Å². The Kier molecular flexibility index (Phi) is 5.80. The summed E-state index contributed by atoms with van der Waals surface area (Å²) in [4.78, 5) is 28.7. The molecule has 28 heavy (non-hydrogen) atoms. The number of rotatable bonds is 5. The summed E-state index contributed by atoms with van der Waals surface area (Å²) in [5.41, 5.74) is 4.60. The molecule has 7 heteroatoms. The molecular formula is C21H21ClN4O2. The summed E-state index contributed by atoms with van der Waals surface area (Å²) in [7, 11) is 3.44. The molecule has 0 fully saturated rings. The normalized spacial score (nSPS) is 10.6. The Morgan fingerprint density at radius 3 is 2.46 bits per heavy atom. The number of carbonyl (C=O) groups excluding carboxylic acids is 2. The smallest absolute Gasteiger partial charge is 0.319 e. The first-order valence-corrected chi connectivity index (χ1v) is 9.16. The molecule has 3 rings (SSSR count). The number of nitrogens with zero attached hydrogens (tertiary/aromatic N) is 2. The van der Waals surface area contributed by atoms with E-state index in [0.29, 0.717) is 28.4 Å². The fourth-order valence-electron chi connectivity index (χ4n) is 3.04. The van der Waals surface area contributed by atoms with Crippen LogP contribution in [-0.2, 0) is 13.5 Å². The summed E-state index contributed by atoms with van der Waals surface area (Å²) < 4.78 is 1.91. The van der Waals surface area contributed by atoms with Crippen LogP contribution in [0.25, 0.3) is 0 Å². The molecule has 2 amide bonds. The summed E-state index contributed by atoms with van der Waals surface area (Å²) >= 11 is 5.92. The number of aryl methyl sites for hydroxylation is 1. The monoisotopic (exact) mass is 396 g/mol. The van der Waals surface area contributed by atoms with Crippen LogP contribution in [0.3, 0.4) is 0 Å². The number of ketones is 1. The van der Waals surface area contributed by atoms with E-state index >= 15 is 0 Å². The predicted molar refractivity (Wildman–Crippen MR) is 110 cm³/mol. The van der Waals surface area contributed by atoms with E-state index < -0.39 is 0 Å². The van der Waals surface area contributed by atoms with Gasteiger partial charge in [-0.05, 0) is 55.0 Å². The van der Waals surface area contributed by atoms with Gasteiger partial charge in [0.05, 0.1) is 17.6 Å². The molecule has 6 nitrogen and oxygen atoms in total. The summed E-state index contributed by atoms with van der Waals surface area (Å²) in [5.74, 6) is -0.0407. The van der Waals surface area contributed by atoms with Crippen LogP contribution >= 0.6 is 11.6 Å². The van der Waals surface area contributed by atoms with Gasteiger partial charge in [-0.3, -0.25) is 9.78 Å². The predicted octanol–water partition coefficient (Wildman–Crippen LogP) is 3.96. The molecule has 3 aromatic rings. The highest BCUT2D eigenvalue weighted by Crippen LogP contribution is 2.21. The van der Waals surface area contributed by atoms with Gasteiger partial charge in [-0.1, -0.05) is 11.6 Å². The van der Waals surface area contributed by atoms with Gasteiger partial charge in [-0.25, -0.2) is 4.79 Å². The van der Waals surface area contributed by atoms with Crippen molar-refractivity contribution in [3.63, 3.8) is 0 Å². The van der Waals surface area contributed by atoms with Crippen molar-refractivity contribution in [3.05, 3.63) is 81.9 Å². The summed E-state index contributed by atoms with van der Waals surface area (Å²) in [5, 5.41) is 5.76. The molecule has 2 aromatic heterocycles. The maximum Gasteiger partial charge on any atom is 0.319 e. The first kappa shape index (κ1) is 19.6. The largest absolute Gasteiger partial charge is 0.344 e. The molecule has 0 aliphatic heterocycles. The molecule has 2 N–H and O–H groups in total. The van der Waals surface area contributed by atoms with E-state index in [1.165, 1.54) is 0 Å². The van der Waals surface area contributed by atoms with Crippen LogP contribution in [0.15, 0.2) is 48.7 Å². The Morgan fingerprint density at radius 2 is 1.86 bits per heavy atom. The van der Waals surface area contributed by atoms with Crippen molar-refractivity contribution in [2.75, 3.05) is 12.4 Å². The molecule has 0 saturated carbocycles. The highest BCUT2D eigenvalue weighted by Gasteiger charge is 2.18. The van der Waals surface area contributed by atoms with Gasteiger partial charge in [0.25, 0.3) is 0 Å². The first-order chi connectivity index (χ1) is 13.4. The molecule has 2 heterocycles. The van der Waals surface area contributed by atoms with E-state index in [2.05, 4.69) is 15.6 Å². The Morgan fingerprint density at radius 1 is 1.14 bits per heavy atom. The number of amides is 2. The van der Waals surface area contributed by atoms with Gasteiger partial charge in [-0.2, -0.15) is 0 Å². The summed E-state index contributed by atoms with van der Waals surface area (Å²) in [6.07, 6.45) is 2.19. The molecule has 0 aliphatic carbocycles. The van der Waals surface area contributed by atoms with Crippen LogP contribution < -0.4 is 10.6 Å². The van der Waals surface area contributed by atoms with Gasteiger partial charge in [0.2, 0.25) is 5.78 Å². The molecule has 0 atom stereocenters. The highest BCUT2D eigenvalue weighted by molar-refractivity contribution is 6.30. The molecule has 0 saturated heterocycles. The number of aromatic nitrogens is 2. The van der Waals surface area contributed by atoms with Crippen LogP contribution in [0.1, 0.15) is 33.0 Å². The fourth-order valence-corrected chi connectivity index (χ4v) is 3.17. The Hall–Kier alpha value is -3.12. The quantitative estimate of drug-likeness (QED) is 0.641. The van der Waals surface area contributed by atoms with Crippen LogP contribution in [0.5, 0.6) is 0 Å². The van der Waals surface area contributed by atoms with E-state index in [9.17, 15) is 9.59 Å². The number of urea groups is 1. The number of carbonyl (C=O) groups is 2. The Bertz CT molecular complexity index is 1010. The second-order valence-electron chi connectivity index (χ2n) is 6.48. The van der Waals surface area contributed by atoms with Crippen molar-refractivity contribution in [2.24, 2.45) is 7.05 Å². The molecular weight excluding hydrogens is 376 g/mol. The van der Waals surface area contributed by atoms with E-state index in [-0.39, 0.29) is 11.8 Å². The minimum Gasteiger partial charge on any atom is -0.344 e. The lowest BCUT2D eigenvalue weighted by Gasteiger charge is -2.09. The fraction of sp³-hybridized carbons (Fsp3) is 0.190. The topological polar surface area (TPSA) is 76.0 Å². The maximum atomic E-state index is 12.9. The van der Waals surface area contributed by atoms with Crippen molar-refractivity contribution < 1.29 is 9.59 Å². The minimum absolute atomic E-state index is 0.0407. The van der Waals surface area contributed by atoms with Gasteiger partial charge in [0, 0.05) is 42.5 Å². The summed E-state index contributed by atoms with van der Waals surface area (Å²) in [6, 6.07) is 12.3. The molecule has 0 spiro atoms. The number of hydrogen-bond acceptors (Lipinski definition) is 3. The SMILES string of the molecule is CNC(=O)Nc1ccc(Cc2cc(C)c(C(=O)c3ccc(Cl)cc3)n2C)nc1. The van der Waals surface area contributed by atoms with Crippen LogP contribution in [0.2, 0.25) is 5.02 Å². The first-order valence-electron chi connectivity index (χ1n) is 8.78. The van der Waals surface area contributed by atoms with E-state index in [1.807, 2.05) is 30.7 Å². The van der Waals surface area contributed by atoms with Crippen LogP contribution in [0, 0.1) is 6.92 Å². The number of hydrogen-bond donors (Lipinski definition) is 2. The van der Waals surface area contributed by atoms with Gasteiger partial charge >= 0.3 is 6.03 Å². The van der Waals surface area contributed by atoms with Gasteiger partial charge < -0.3 is 15.2 Å². The van der Waals surface area contributed by atoms with Gasteiger partial charge in [-0.15, -0.1) is 0 Å². The average molecular weight is 397 g/mol. The van der Waals surface area contributed by atoms with Crippen LogP contribution in [0.4, 0.5) is 10.5 Å². The van der Waals surface area contributed by atoms with Crippen molar-refractivity contribution in [1.82, 2.24) is 14.9 Å². The third-order valence-corrected chi connectivity index (χ3v) is 4.77. The van der Waals surface area contributed by atoms with Gasteiger partial charge in [0.1, 0.15) is 0 Å². The standard InChI is InChI=1S/C21H21ClN4O2/c1-13-10-18(11-16-8-9-17(12-24-16)25-21(28)23-2)26(3)19(13)20(27)14-4-6-15(22)7-5-14/h4-10,12H,11H2,1-3H3,(H2,23,25,28). The highest BCUT2D eigenvalue weighted by atomic mass is 35.5. The molecule has 0 bridgehead atoms. The number of anilines is 1.